The first-order valence-corrected chi connectivity index (χ1v) is 8.14. The van der Waals surface area contributed by atoms with Crippen LogP contribution in [0.25, 0.3) is 0 Å². The third-order valence-corrected chi connectivity index (χ3v) is 3.75. The molecule has 1 N–H and O–H groups in total. The molecule has 0 saturated heterocycles. The lowest BCUT2D eigenvalue weighted by molar-refractivity contribution is -0.123. The van der Waals surface area contributed by atoms with Gasteiger partial charge in [0.05, 0.1) is 13.3 Å². The van der Waals surface area contributed by atoms with E-state index in [9.17, 15) is 4.79 Å². The smallest absolute Gasteiger partial charge is 0.277 e. The van der Waals surface area contributed by atoms with Gasteiger partial charge in [-0.1, -0.05) is 15.9 Å². The minimum absolute atomic E-state index is 0.0940. The van der Waals surface area contributed by atoms with Crippen LogP contribution in [0.3, 0.4) is 0 Å². The standard InChI is InChI=1S/C18H19BrN2O3/c1-12-8-15(19)9-13(2)18(12)24-11-17(22)21-20-10-14-4-6-16(23-3)7-5-14/h4-10H,11H2,1-3H3,(H,21,22)/b20-10+. The molecule has 0 fully saturated rings. The topological polar surface area (TPSA) is 59.9 Å². The molecule has 0 heterocycles. The van der Waals surface area contributed by atoms with E-state index in [0.29, 0.717) is 5.75 Å². The summed E-state index contributed by atoms with van der Waals surface area (Å²) in [7, 11) is 1.61. The first-order valence-electron chi connectivity index (χ1n) is 7.35. The molecule has 0 radical (unpaired) electrons. The summed E-state index contributed by atoms with van der Waals surface area (Å²) in [5.74, 6) is 1.17. The zero-order chi connectivity index (χ0) is 17.5. The Balaban J connectivity index is 1.86. The number of hydrogen-bond acceptors (Lipinski definition) is 4. The summed E-state index contributed by atoms with van der Waals surface area (Å²) in [4.78, 5) is 11.8. The second-order valence-electron chi connectivity index (χ2n) is 5.22. The SMILES string of the molecule is COc1ccc(/C=N/NC(=O)COc2c(C)cc(Br)cc2C)cc1. The lowest BCUT2D eigenvalue weighted by Crippen LogP contribution is -2.25. The Labute approximate surface area is 149 Å². The molecule has 0 atom stereocenters. The molecule has 0 aromatic heterocycles. The molecule has 0 aliphatic carbocycles. The van der Waals surface area contributed by atoms with E-state index in [0.717, 1.165) is 26.9 Å². The molecule has 0 saturated carbocycles. The number of nitrogens with zero attached hydrogens (tertiary/aromatic N) is 1. The number of amides is 1. The number of benzene rings is 2. The number of halogens is 1. The van der Waals surface area contributed by atoms with Gasteiger partial charge in [0, 0.05) is 4.47 Å². The van der Waals surface area contributed by atoms with Crippen LogP contribution in [-0.2, 0) is 4.79 Å². The lowest BCUT2D eigenvalue weighted by atomic mass is 10.1. The summed E-state index contributed by atoms with van der Waals surface area (Å²) in [6.45, 7) is 3.78. The van der Waals surface area contributed by atoms with Crippen molar-refractivity contribution in [1.82, 2.24) is 5.43 Å². The van der Waals surface area contributed by atoms with Crippen LogP contribution >= 0.6 is 15.9 Å². The fourth-order valence-electron chi connectivity index (χ4n) is 2.16. The van der Waals surface area contributed by atoms with Crippen molar-refractivity contribution in [2.75, 3.05) is 13.7 Å². The molecule has 2 aromatic rings. The lowest BCUT2D eigenvalue weighted by Gasteiger charge is -2.11. The number of methoxy groups -OCH3 is 1. The van der Waals surface area contributed by atoms with Crippen molar-refractivity contribution >= 4 is 28.1 Å². The molecular weight excluding hydrogens is 372 g/mol. The maximum absolute atomic E-state index is 11.8. The summed E-state index contributed by atoms with van der Waals surface area (Å²) in [5.41, 5.74) is 5.24. The highest BCUT2D eigenvalue weighted by atomic mass is 79.9. The van der Waals surface area contributed by atoms with Crippen LogP contribution < -0.4 is 14.9 Å². The number of nitrogens with one attached hydrogen (secondary N) is 1. The summed E-state index contributed by atoms with van der Waals surface area (Å²) >= 11 is 3.43. The highest BCUT2D eigenvalue weighted by Gasteiger charge is 2.08. The predicted molar refractivity (Wildman–Crippen MR) is 97.8 cm³/mol. The van der Waals surface area contributed by atoms with Crippen LogP contribution in [0, 0.1) is 13.8 Å². The number of carbonyl (C=O) groups is 1. The Bertz CT molecular complexity index is 719. The number of ether oxygens (including phenoxy) is 2. The van der Waals surface area contributed by atoms with Gasteiger partial charge in [-0.2, -0.15) is 5.10 Å². The maximum Gasteiger partial charge on any atom is 0.277 e. The van der Waals surface area contributed by atoms with Crippen molar-refractivity contribution < 1.29 is 14.3 Å². The summed E-state index contributed by atoms with van der Waals surface area (Å²) in [5, 5.41) is 3.92. The Morgan fingerprint density at radius 1 is 1.21 bits per heavy atom. The van der Waals surface area contributed by atoms with E-state index in [2.05, 4.69) is 26.5 Å². The number of hydrazone groups is 1. The molecule has 1 amide bonds. The minimum atomic E-state index is -0.318. The van der Waals surface area contributed by atoms with Crippen molar-refractivity contribution in [1.29, 1.82) is 0 Å². The summed E-state index contributed by atoms with van der Waals surface area (Å²) in [6, 6.07) is 11.2. The molecule has 5 nitrogen and oxygen atoms in total. The van der Waals surface area contributed by atoms with Crippen LogP contribution in [0.4, 0.5) is 0 Å². The van der Waals surface area contributed by atoms with Gasteiger partial charge in [-0.25, -0.2) is 5.43 Å². The molecule has 0 aliphatic heterocycles. The Hall–Kier alpha value is -2.34. The summed E-state index contributed by atoms with van der Waals surface area (Å²) in [6.07, 6.45) is 1.56. The number of aryl methyl sites for hydroxylation is 2. The molecule has 6 heteroatoms. The maximum atomic E-state index is 11.8. The Kier molecular flexibility index (Phi) is 6.37. The van der Waals surface area contributed by atoms with Gasteiger partial charge in [-0.15, -0.1) is 0 Å². The minimum Gasteiger partial charge on any atom is -0.497 e. The second-order valence-corrected chi connectivity index (χ2v) is 6.14. The van der Waals surface area contributed by atoms with E-state index < -0.39 is 0 Å². The van der Waals surface area contributed by atoms with Gasteiger partial charge in [0.1, 0.15) is 11.5 Å². The van der Waals surface area contributed by atoms with E-state index in [1.54, 1.807) is 13.3 Å². The number of carbonyl (C=O) groups excluding carboxylic acids is 1. The normalized spacial score (nSPS) is 10.7. The number of hydrogen-bond donors (Lipinski definition) is 1. The largest absolute Gasteiger partial charge is 0.497 e. The highest BCUT2D eigenvalue weighted by Crippen LogP contribution is 2.27. The average Bonchev–Trinajstić information content (AvgIpc) is 2.54. The van der Waals surface area contributed by atoms with Crippen molar-refractivity contribution in [2.24, 2.45) is 5.10 Å². The van der Waals surface area contributed by atoms with Gasteiger partial charge < -0.3 is 9.47 Å². The fourth-order valence-corrected chi connectivity index (χ4v) is 2.85. The first kappa shape index (κ1) is 18.0. The van der Waals surface area contributed by atoms with Crippen molar-refractivity contribution in [3.8, 4) is 11.5 Å². The molecule has 0 aliphatic rings. The molecule has 0 bridgehead atoms. The van der Waals surface area contributed by atoms with Crippen LogP contribution in [0.2, 0.25) is 0 Å². The molecule has 126 valence electrons. The summed E-state index contributed by atoms with van der Waals surface area (Å²) < 4.78 is 11.7. The fraction of sp³-hybridized carbons (Fsp3) is 0.222. The molecule has 24 heavy (non-hydrogen) atoms. The van der Waals surface area contributed by atoms with E-state index in [-0.39, 0.29) is 12.5 Å². The van der Waals surface area contributed by atoms with Gasteiger partial charge in [-0.3, -0.25) is 4.79 Å². The quantitative estimate of drug-likeness (QED) is 0.605. The molecular formula is C18H19BrN2O3. The van der Waals surface area contributed by atoms with E-state index in [1.807, 2.05) is 50.2 Å². The van der Waals surface area contributed by atoms with Crippen LogP contribution in [0.5, 0.6) is 11.5 Å². The van der Waals surface area contributed by atoms with Crippen LogP contribution in [-0.4, -0.2) is 25.8 Å². The van der Waals surface area contributed by atoms with Gasteiger partial charge in [0.2, 0.25) is 0 Å². The third-order valence-electron chi connectivity index (χ3n) is 3.29. The first-order chi connectivity index (χ1) is 11.5. The Morgan fingerprint density at radius 3 is 2.42 bits per heavy atom. The monoisotopic (exact) mass is 390 g/mol. The van der Waals surface area contributed by atoms with Crippen molar-refractivity contribution in [3.05, 3.63) is 57.6 Å². The zero-order valence-electron chi connectivity index (χ0n) is 13.8. The van der Waals surface area contributed by atoms with E-state index in [4.69, 9.17) is 9.47 Å². The van der Waals surface area contributed by atoms with Crippen molar-refractivity contribution in [2.45, 2.75) is 13.8 Å². The Morgan fingerprint density at radius 2 is 1.83 bits per heavy atom. The number of rotatable bonds is 6. The zero-order valence-corrected chi connectivity index (χ0v) is 15.4. The molecule has 2 aromatic carbocycles. The molecule has 2 rings (SSSR count). The van der Waals surface area contributed by atoms with Crippen molar-refractivity contribution in [3.63, 3.8) is 0 Å². The van der Waals surface area contributed by atoms with E-state index in [1.165, 1.54) is 0 Å². The van der Waals surface area contributed by atoms with E-state index >= 15 is 0 Å². The second kappa shape index (κ2) is 8.49. The van der Waals surface area contributed by atoms with Gasteiger partial charge in [0.25, 0.3) is 5.91 Å². The average molecular weight is 391 g/mol. The predicted octanol–water partition coefficient (Wildman–Crippen LogP) is 3.60. The van der Waals surface area contributed by atoms with Crippen LogP contribution in [0.15, 0.2) is 46.0 Å². The van der Waals surface area contributed by atoms with Gasteiger partial charge in [-0.05, 0) is 66.9 Å². The highest BCUT2D eigenvalue weighted by molar-refractivity contribution is 9.10. The molecule has 0 spiro atoms. The van der Waals surface area contributed by atoms with Crippen LogP contribution in [0.1, 0.15) is 16.7 Å². The third kappa shape index (κ3) is 5.09. The van der Waals surface area contributed by atoms with Gasteiger partial charge in [0.15, 0.2) is 6.61 Å². The van der Waals surface area contributed by atoms with Gasteiger partial charge >= 0.3 is 0 Å². The molecule has 0 unspecified atom stereocenters.